The van der Waals surface area contributed by atoms with Gasteiger partial charge in [-0.1, -0.05) is 36.4 Å². The second kappa shape index (κ2) is 23.8. The first kappa shape index (κ1) is 56.8. The molecule has 0 bridgehead atoms. The number of aromatic amines is 3. The third kappa shape index (κ3) is 11.1. The maximum absolute atomic E-state index is 5.63. The van der Waals surface area contributed by atoms with Gasteiger partial charge >= 0.3 is 0 Å². The van der Waals surface area contributed by atoms with Crippen molar-refractivity contribution in [3.8, 4) is 90.7 Å². The predicted molar refractivity (Wildman–Crippen MR) is 353 cm³/mol. The number of hydrogen-bond acceptors (Lipinski definition) is 18. The Balaban J connectivity index is 0.619. The lowest BCUT2D eigenvalue weighted by Crippen LogP contribution is -2.41. The molecule has 466 valence electrons. The highest BCUT2D eigenvalue weighted by Crippen LogP contribution is 2.38. The minimum atomic E-state index is 0.195. The molecule has 2 unspecified atom stereocenters. The van der Waals surface area contributed by atoms with Crippen LogP contribution in [0.5, 0.6) is 11.5 Å². The smallest absolute Gasteiger partial charge is 0.231 e. The van der Waals surface area contributed by atoms with E-state index in [-0.39, 0.29) is 18.9 Å². The zero-order valence-electron chi connectivity index (χ0n) is 51.8. The molecule has 1 saturated heterocycles. The van der Waals surface area contributed by atoms with Crippen LogP contribution >= 0.6 is 0 Å². The van der Waals surface area contributed by atoms with Gasteiger partial charge in [0.05, 0.1) is 59.5 Å². The number of benzene rings is 2. The number of rotatable bonds is 17. The summed E-state index contributed by atoms with van der Waals surface area (Å²) < 4.78 is 16.5. The molecule has 94 heavy (non-hydrogen) atoms. The fourth-order valence-electron chi connectivity index (χ4n) is 13.4. The van der Waals surface area contributed by atoms with Crippen LogP contribution in [0.1, 0.15) is 75.7 Å². The van der Waals surface area contributed by atoms with E-state index >= 15 is 0 Å². The van der Waals surface area contributed by atoms with Gasteiger partial charge in [-0.15, -0.1) is 0 Å². The first-order valence-corrected chi connectivity index (χ1v) is 31.7. The fourth-order valence-corrected chi connectivity index (χ4v) is 13.4. The van der Waals surface area contributed by atoms with Crippen LogP contribution in [0.2, 0.25) is 0 Å². The van der Waals surface area contributed by atoms with E-state index in [4.69, 9.17) is 49.5 Å². The number of aromatic nitrogens is 18. The lowest BCUT2D eigenvalue weighted by atomic mass is 9.90. The van der Waals surface area contributed by atoms with Crippen LogP contribution in [0.25, 0.3) is 96.1 Å². The number of nitrogens with zero attached hydrogens (tertiary/aromatic N) is 16. The molecule has 14 aromatic rings. The average molecular weight is 1250 g/mol. The molecule has 3 aliphatic rings. The molecule has 0 saturated carbocycles. The summed E-state index contributed by atoms with van der Waals surface area (Å²) in [5.41, 5.74) is 21.6. The molecule has 24 nitrogen and oxygen atoms in total. The number of H-pyrrole nitrogens is 3. The summed E-state index contributed by atoms with van der Waals surface area (Å²) in [6.07, 6.45) is 11.5. The van der Waals surface area contributed by atoms with Gasteiger partial charge in [0.1, 0.15) is 53.5 Å². The molecule has 24 heteroatoms. The monoisotopic (exact) mass is 1240 g/mol. The van der Waals surface area contributed by atoms with E-state index in [0.717, 1.165) is 170 Å². The Hall–Kier alpha value is -11.2. The predicted octanol–water partition coefficient (Wildman–Crippen LogP) is 9.92. The average Bonchev–Trinajstić information content (AvgIpc) is 1.53. The van der Waals surface area contributed by atoms with Gasteiger partial charge in [-0.2, -0.15) is 15.3 Å². The Morgan fingerprint density at radius 3 is 2.13 bits per heavy atom. The summed E-state index contributed by atoms with van der Waals surface area (Å²) in [7, 11) is 0. The molecule has 6 N–H and O–H groups in total. The van der Waals surface area contributed by atoms with Gasteiger partial charge in [-0.05, 0) is 154 Å². The number of ether oxygens (including phenoxy) is 2. The largest absolute Gasteiger partial charge is 0.454 e. The molecule has 17 rings (SSSR count). The van der Waals surface area contributed by atoms with E-state index in [0.29, 0.717) is 43.2 Å². The number of pyridine rings is 6. The third-order valence-corrected chi connectivity index (χ3v) is 18.0. The molecule has 3 aliphatic heterocycles. The van der Waals surface area contributed by atoms with E-state index in [2.05, 4.69) is 92.4 Å². The SMILES string of the molecule is Cc1cccc(-c2nc(CNC3CCNC(c4ccc5c(c4)CN(Cc4nc(-c6cccc(C)n6)c(-c6cc(-c7ccc(-c8nc(CNCc9ccc%10c(c9)OCO%10)[nH]c8-c8ccc9ncnn9c8)nc7C)n7ncnc7c6)[nH]4)CC5)C3)[nH]c2-c2ccn3ncnc3c2)n1. The highest BCUT2D eigenvalue weighted by Gasteiger charge is 2.28. The van der Waals surface area contributed by atoms with Crippen molar-refractivity contribution >= 4 is 16.9 Å². The number of fused-ring (bicyclic) bond motifs is 5. The van der Waals surface area contributed by atoms with Crippen molar-refractivity contribution in [2.24, 2.45) is 0 Å². The first-order chi connectivity index (χ1) is 46.2. The van der Waals surface area contributed by atoms with Gasteiger partial charge in [-0.3, -0.25) is 19.9 Å². The number of imidazole rings is 3. The van der Waals surface area contributed by atoms with Crippen molar-refractivity contribution < 1.29 is 9.47 Å². The molecule has 1 fully saturated rings. The minimum absolute atomic E-state index is 0.195. The molecule has 0 radical (unpaired) electrons. The first-order valence-electron chi connectivity index (χ1n) is 31.7. The second-order valence-electron chi connectivity index (χ2n) is 24.4. The fraction of sp³-hybridized carbons (Fsp3) is 0.229. The molecule has 12 aromatic heterocycles. The zero-order chi connectivity index (χ0) is 62.8. The maximum atomic E-state index is 5.63. The maximum Gasteiger partial charge on any atom is 0.231 e. The van der Waals surface area contributed by atoms with Crippen LogP contribution in [0, 0.1) is 20.8 Å². The molecule has 0 aliphatic carbocycles. The van der Waals surface area contributed by atoms with Crippen LogP contribution in [0.15, 0.2) is 153 Å². The standard InChI is InChI=1S/C70H64N22O2/c1-40-6-4-8-52(80-40)68-65(46-20-23-90-63(27-46)75-37-77-90)84-60(86-68)32-73-50-18-21-72-55(29-50)45-12-11-44-19-22-89(33-49(44)25-45)35-61-87-67(69(88-61)53-9-5-7-41(2)81-53)48-26-56(92-64(28-48)76-38-79-92)51-14-15-54(82-42(51)3)70-66(47-13-17-62-74-36-78-91(62)34-47)83-59(85-70)31-71-30-43-10-16-57-58(24-43)94-39-93-57/h4-17,20,23-28,34,36-38,50,55,71-73H,18-19,21-22,29-33,35,39H2,1-3H3,(H,83,85)(H,84,86)(H,87,88). The third-order valence-electron chi connectivity index (χ3n) is 18.0. The van der Waals surface area contributed by atoms with E-state index in [9.17, 15) is 0 Å². The quantitative estimate of drug-likeness (QED) is 0.0495. The molecule has 0 amide bonds. The van der Waals surface area contributed by atoms with E-state index in [1.807, 2.05) is 123 Å². The Morgan fingerprint density at radius 2 is 1.30 bits per heavy atom. The minimum Gasteiger partial charge on any atom is -0.454 e. The summed E-state index contributed by atoms with van der Waals surface area (Å²) in [4.78, 5) is 58.0. The van der Waals surface area contributed by atoms with Gasteiger partial charge in [-0.25, -0.2) is 43.5 Å². The lowest BCUT2D eigenvalue weighted by Gasteiger charge is -2.33. The molecular formula is C70H64N22O2. The molecule has 15 heterocycles. The zero-order valence-corrected chi connectivity index (χ0v) is 51.8. The summed E-state index contributed by atoms with van der Waals surface area (Å²) in [6, 6.07) is 42.0. The van der Waals surface area contributed by atoms with Gasteiger partial charge < -0.3 is 40.4 Å². The van der Waals surface area contributed by atoms with Crippen LogP contribution in [0.4, 0.5) is 0 Å². The molecule has 0 spiro atoms. The van der Waals surface area contributed by atoms with E-state index in [1.165, 1.54) is 16.7 Å². The number of nitrogens with one attached hydrogen (secondary N) is 6. The highest BCUT2D eigenvalue weighted by molar-refractivity contribution is 5.84. The molecule has 2 atom stereocenters. The van der Waals surface area contributed by atoms with Crippen LogP contribution in [-0.2, 0) is 39.1 Å². The van der Waals surface area contributed by atoms with Gasteiger partial charge in [0.25, 0.3) is 0 Å². The van der Waals surface area contributed by atoms with Crippen molar-refractivity contribution in [2.75, 3.05) is 19.9 Å². The summed E-state index contributed by atoms with van der Waals surface area (Å²) >= 11 is 0. The number of aryl methyl sites for hydroxylation is 3. The summed E-state index contributed by atoms with van der Waals surface area (Å²) in [5.74, 6) is 3.96. The van der Waals surface area contributed by atoms with Crippen molar-refractivity contribution in [1.29, 1.82) is 0 Å². The Morgan fingerprint density at radius 1 is 0.574 bits per heavy atom. The van der Waals surface area contributed by atoms with Gasteiger partial charge in [0.15, 0.2) is 28.4 Å². The van der Waals surface area contributed by atoms with Crippen LogP contribution in [0.3, 0.4) is 0 Å². The topological polar surface area (TPSA) is 273 Å². The van der Waals surface area contributed by atoms with Crippen molar-refractivity contribution in [3.05, 3.63) is 210 Å². The summed E-state index contributed by atoms with van der Waals surface area (Å²) in [5, 5.41) is 24.7. The molecular weight excluding hydrogens is 1180 g/mol. The molecule has 2 aromatic carbocycles. The highest BCUT2D eigenvalue weighted by atomic mass is 16.7. The number of hydrogen-bond donors (Lipinski definition) is 6. The van der Waals surface area contributed by atoms with Crippen molar-refractivity contribution in [3.63, 3.8) is 0 Å². The Kier molecular flexibility index (Phi) is 14.4. The van der Waals surface area contributed by atoms with E-state index < -0.39 is 0 Å². The number of piperidine rings is 1. The van der Waals surface area contributed by atoms with Crippen LogP contribution < -0.4 is 25.4 Å². The lowest BCUT2D eigenvalue weighted by molar-refractivity contribution is 0.174. The summed E-state index contributed by atoms with van der Waals surface area (Å²) in [6.45, 7) is 11.1. The van der Waals surface area contributed by atoms with Crippen LogP contribution in [-0.4, -0.2) is 119 Å². The second-order valence-corrected chi connectivity index (χ2v) is 24.4. The Bertz CT molecular complexity index is 5190. The normalized spacial score (nSPS) is 15.6. The van der Waals surface area contributed by atoms with Crippen molar-refractivity contribution in [1.82, 2.24) is 110 Å². The van der Waals surface area contributed by atoms with E-state index in [1.54, 1.807) is 28.0 Å². The van der Waals surface area contributed by atoms with Crippen molar-refractivity contribution in [2.45, 2.75) is 84.8 Å². The van der Waals surface area contributed by atoms with Gasteiger partial charge in [0, 0.05) is 83.4 Å². The van der Waals surface area contributed by atoms with Gasteiger partial charge in [0.2, 0.25) is 6.79 Å². The Labute approximate surface area is 538 Å².